The van der Waals surface area contributed by atoms with Crippen LogP contribution < -0.4 is 0 Å². The SMILES string of the molecule is COC(=O)CCc1cc(C(=O)OC)c(C)[nH]1. The first kappa shape index (κ1) is 12.3. The van der Waals surface area contributed by atoms with E-state index in [-0.39, 0.29) is 18.4 Å². The van der Waals surface area contributed by atoms with Gasteiger partial charge in [0.2, 0.25) is 0 Å². The summed E-state index contributed by atoms with van der Waals surface area (Å²) in [5.41, 5.74) is 2.07. The van der Waals surface area contributed by atoms with Crippen molar-refractivity contribution in [3.05, 3.63) is 23.0 Å². The van der Waals surface area contributed by atoms with E-state index < -0.39 is 0 Å². The molecule has 0 aliphatic heterocycles. The Morgan fingerprint density at radius 2 is 2.00 bits per heavy atom. The zero-order chi connectivity index (χ0) is 12.1. The Morgan fingerprint density at radius 1 is 1.31 bits per heavy atom. The van der Waals surface area contributed by atoms with Crippen molar-refractivity contribution in [3.63, 3.8) is 0 Å². The molecule has 1 N–H and O–H groups in total. The topological polar surface area (TPSA) is 68.4 Å². The van der Waals surface area contributed by atoms with Crippen molar-refractivity contribution in [2.75, 3.05) is 14.2 Å². The lowest BCUT2D eigenvalue weighted by molar-refractivity contribution is -0.140. The Kier molecular flexibility index (Phi) is 4.10. The molecular formula is C11H15NO4. The molecule has 1 rings (SSSR count). The summed E-state index contributed by atoms with van der Waals surface area (Å²) < 4.78 is 9.16. The number of hydrogen-bond acceptors (Lipinski definition) is 4. The molecule has 0 aromatic carbocycles. The molecule has 16 heavy (non-hydrogen) atoms. The molecule has 0 atom stereocenters. The first-order valence-corrected chi connectivity index (χ1v) is 4.92. The number of esters is 2. The van der Waals surface area contributed by atoms with Crippen LogP contribution in [0.3, 0.4) is 0 Å². The Morgan fingerprint density at radius 3 is 2.56 bits per heavy atom. The minimum atomic E-state index is -0.377. The van der Waals surface area contributed by atoms with Crippen molar-refractivity contribution in [3.8, 4) is 0 Å². The van der Waals surface area contributed by atoms with Crippen LogP contribution in [0.2, 0.25) is 0 Å². The average molecular weight is 225 g/mol. The third-order valence-corrected chi connectivity index (χ3v) is 2.30. The van der Waals surface area contributed by atoms with Crippen molar-refractivity contribution in [2.45, 2.75) is 19.8 Å². The van der Waals surface area contributed by atoms with E-state index in [1.807, 2.05) is 0 Å². The van der Waals surface area contributed by atoms with E-state index in [2.05, 4.69) is 14.5 Å². The Balaban J connectivity index is 2.69. The van der Waals surface area contributed by atoms with Crippen molar-refractivity contribution >= 4 is 11.9 Å². The van der Waals surface area contributed by atoms with Crippen molar-refractivity contribution < 1.29 is 19.1 Å². The Labute approximate surface area is 93.7 Å². The standard InChI is InChI=1S/C11H15NO4/c1-7-9(11(14)16-3)6-8(12-7)4-5-10(13)15-2/h6,12H,4-5H2,1-3H3. The first-order valence-electron chi connectivity index (χ1n) is 4.92. The summed E-state index contributed by atoms with van der Waals surface area (Å²) in [5.74, 6) is -0.648. The minimum Gasteiger partial charge on any atom is -0.469 e. The predicted octanol–water partition coefficient (Wildman–Crippen LogP) is 1.22. The fourth-order valence-corrected chi connectivity index (χ4v) is 1.42. The van der Waals surface area contributed by atoms with Crippen LogP contribution in [0.1, 0.15) is 28.2 Å². The molecule has 0 aliphatic carbocycles. The molecule has 88 valence electrons. The summed E-state index contributed by atoms with van der Waals surface area (Å²) >= 11 is 0. The van der Waals surface area contributed by atoms with E-state index in [9.17, 15) is 9.59 Å². The monoisotopic (exact) mass is 225 g/mol. The molecule has 0 amide bonds. The second-order valence-corrected chi connectivity index (χ2v) is 3.40. The number of aromatic amines is 1. The van der Waals surface area contributed by atoms with Gasteiger partial charge in [0.25, 0.3) is 0 Å². The summed E-state index contributed by atoms with van der Waals surface area (Å²) in [7, 11) is 2.69. The number of ether oxygens (including phenoxy) is 2. The maximum absolute atomic E-state index is 11.3. The molecule has 0 aliphatic rings. The van der Waals surface area contributed by atoms with Gasteiger partial charge < -0.3 is 14.5 Å². The van der Waals surface area contributed by atoms with Gasteiger partial charge in [-0.05, 0) is 19.4 Å². The molecule has 0 unspecified atom stereocenters. The van der Waals surface area contributed by atoms with Gasteiger partial charge in [0.15, 0.2) is 0 Å². The molecule has 0 fully saturated rings. The molecule has 1 heterocycles. The van der Waals surface area contributed by atoms with Gasteiger partial charge in [-0.25, -0.2) is 4.79 Å². The van der Waals surface area contributed by atoms with Crippen molar-refractivity contribution in [1.82, 2.24) is 4.98 Å². The molecular weight excluding hydrogens is 210 g/mol. The van der Waals surface area contributed by atoms with Gasteiger partial charge in [0.05, 0.1) is 26.2 Å². The largest absolute Gasteiger partial charge is 0.469 e. The van der Waals surface area contributed by atoms with E-state index in [0.29, 0.717) is 12.0 Å². The summed E-state index contributed by atoms with van der Waals surface area (Å²) in [6.07, 6.45) is 0.807. The number of aromatic nitrogens is 1. The van der Waals surface area contributed by atoms with Crippen LogP contribution in [0.25, 0.3) is 0 Å². The normalized spacial score (nSPS) is 9.94. The first-order chi connectivity index (χ1) is 7.58. The number of carbonyl (C=O) groups excluding carboxylic acids is 2. The van der Waals surface area contributed by atoms with Gasteiger partial charge in [-0.3, -0.25) is 4.79 Å². The number of nitrogens with one attached hydrogen (secondary N) is 1. The summed E-state index contributed by atoms with van der Waals surface area (Å²) in [4.78, 5) is 25.3. The zero-order valence-corrected chi connectivity index (χ0v) is 9.62. The highest BCUT2D eigenvalue weighted by atomic mass is 16.5. The van der Waals surface area contributed by atoms with Gasteiger partial charge >= 0.3 is 11.9 Å². The lowest BCUT2D eigenvalue weighted by atomic mass is 10.2. The van der Waals surface area contributed by atoms with Crippen molar-refractivity contribution in [2.24, 2.45) is 0 Å². The van der Waals surface area contributed by atoms with Gasteiger partial charge in [0.1, 0.15) is 0 Å². The van der Waals surface area contributed by atoms with Crippen LogP contribution in [0.15, 0.2) is 6.07 Å². The maximum Gasteiger partial charge on any atom is 0.339 e. The second kappa shape index (κ2) is 5.34. The number of carbonyl (C=O) groups is 2. The molecule has 0 saturated carbocycles. The minimum absolute atomic E-state index is 0.271. The second-order valence-electron chi connectivity index (χ2n) is 3.40. The van der Waals surface area contributed by atoms with Gasteiger partial charge in [-0.2, -0.15) is 0 Å². The molecule has 1 aromatic heterocycles. The van der Waals surface area contributed by atoms with Crippen LogP contribution in [0, 0.1) is 6.92 Å². The predicted molar refractivity (Wildman–Crippen MR) is 57.2 cm³/mol. The van der Waals surface area contributed by atoms with Gasteiger partial charge in [0, 0.05) is 11.4 Å². The van der Waals surface area contributed by atoms with Crippen LogP contribution in [0.4, 0.5) is 0 Å². The molecule has 5 nitrogen and oxygen atoms in total. The maximum atomic E-state index is 11.3. The molecule has 5 heteroatoms. The molecule has 0 saturated heterocycles. The molecule has 0 bridgehead atoms. The van der Waals surface area contributed by atoms with E-state index in [1.165, 1.54) is 14.2 Å². The number of methoxy groups -OCH3 is 2. The Hall–Kier alpha value is -1.78. The van der Waals surface area contributed by atoms with E-state index in [0.717, 1.165) is 11.4 Å². The van der Waals surface area contributed by atoms with E-state index in [4.69, 9.17) is 0 Å². The highest BCUT2D eigenvalue weighted by Gasteiger charge is 2.13. The fourth-order valence-electron chi connectivity index (χ4n) is 1.42. The average Bonchev–Trinajstić information content (AvgIpc) is 2.66. The third-order valence-electron chi connectivity index (χ3n) is 2.30. The lowest BCUT2D eigenvalue weighted by Crippen LogP contribution is -2.02. The highest BCUT2D eigenvalue weighted by molar-refractivity contribution is 5.90. The smallest absolute Gasteiger partial charge is 0.339 e. The summed E-state index contributed by atoms with van der Waals surface area (Å²) in [6, 6.07) is 1.70. The molecule has 1 aromatic rings. The van der Waals surface area contributed by atoms with Crippen LogP contribution in [-0.4, -0.2) is 31.1 Å². The quantitative estimate of drug-likeness (QED) is 0.782. The van der Waals surface area contributed by atoms with Crippen LogP contribution in [0.5, 0.6) is 0 Å². The number of rotatable bonds is 4. The van der Waals surface area contributed by atoms with E-state index in [1.54, 1.807) is 13.0 Å². The summed E-state index contributed by atoms with van der Waals surface area (Å²) in [6.45, 7) is 1.79. The van der Waals surface area contributed by atoms with E-state index >= 15 is 0 Å². The van der Waals surface area contributed by atoms with Crippen molar-refractivity contribution in [1.29, 1.82) is 0 Å². The molecule has 0 radical (unpaired) electrons. The van der Waals surface area contributed by atoms with Gasteiger partial charge in [-0.15, -0.1) is 0 Å². The lowest BCUT2D eigenvalue weighted by Gasteiger charge is -1.96. The third kappa shape index (κ3) is 2.85. The van der Waals surface area contributed by atoms with Gasteiger partial charge in [-0.1, -0.05) is 0 Å². The number of hydrogen-bond donors (Lipinski definition) is 1. The Bertz CT molecular complexity index is 395. The molecule has 0 spiro atoms. The zero-order valence-electron chi connectivity index (χ0n) is 9.62. The fraction of sp³-hybridized carbons (Fsp3) is 0.455. The van der Waals surface area contributed by atoms with Crippen LogP contribution in [-0.2, 0) is 20.7 Å². The van der Waals surface area contributed by atoms with Crippen LogP contribution >= 0.6 is 0 Å². The summed E-state index contributed by atoms with van der Waals surface area (Å²) in [5, 5.41) is 0. The highest BCUT2D eigenvalue weighted by Crippen LogP contribution is 2.12. The number of aryl methyl sites for hydroxylation is 2. The number of H-pyrrole nitrogens is 1.